The van der Waals surface area contributed by atoms with E-state index in [-0.39, 0.29) is 0 Å². The zero-order valence-corrected chi connectivity index (χ0v) is 24.7. The summed E-state index contributed by atoms with van der Waals surface area (Å²) >= 11 is 0. The lowest BCUT2D eigenvalue weighted by Gasteiger charge is -2.04. The highest BCUT2D eigenvalue weighted by Crippen LogP contribution is 2.16. The van der Waals surface area contributed by atoms with Gasteiger partial charge in [0.05, 0.1) is 0 Å². The van der Waals surface area contributed by atoms with Gasteiger partial charge in [0.2, 0.25) is 0 Å². The summed E-state index contributed by atoms with van der Waals surface area (Å²) in [7, 11) is 0. The molecule has 0 saturated heterocycles. The summed E-state index contributed by atoms with van der Waals surface area (Å²) in [6, 6.07) is 0. The summed E-state index contributed by atoms with van der Waals surface area (Å²) in [5, 5.41) is 8.54. The van der Waals surface area contributed by atoms with Gasteiger partial charge in [-0.3, -0.25) is 0 Å². The number of unbranched alkanes of at least 4 members (excludes halogenated alkanes) is 29. The predicted molar refractivity (Wildman–Crippen MR) is 161 cm³/mol. The van der Waals surface area contributed by atoms with E-state index in [2.05, 4.69) is 6.92 Å². The van der Waals surface area contributed by atoms with Crippen LogP contribution in [0.1, 0.15) is 200 Å². The Morgan fingerprint density at radius 1 is 0.417 bits per heavy atom. The van der Waals surface area contributed by atoms with Crippen molar-refractivity contribution in [2.45, 2.75) is 200 Å². The van der Waals surface area contributed by atoms with E-state index in [4.69, 9.17) is 5.11 Å². The highest BCUT2D eigenvalue weighted by molar-refractivity contribution is 5.79. The van der Waals surface area contributed by atoms with Gasteiger partial charge in [-0.25, -0.2) is 4.79 Å². The summed E-state index contributed by atoms with van der Waals surface area (Å²) in [6.07, 6.45) is 45.3. The molecule has 0 spiro atoms. The lowest BCUT2D eigenvalue weighted by molar-refractivity contribution is -0.131. The Labute approximate surface area is 227 Å². The predicted octanol–water partition coefficient (Wildman–Crippen LogP) is 12.4. The van der Waals surface area contributed by atoms with E-state index in [1.807, 2.05) is 0 Å². The monoisotopic (exact) mass is 507 g/mol. The largest absolute Gasteiger partial charge is 0.478 e. The lowest BCUT2D eigenvalue weighted by Crippen LogP contribution is -1.86. The second kappa shape index (κ2) is 32.2. The van der Waals surface area contributed by atoms with Crippen LogP contribution in [0.25, 0.3) is 0 Å². The van der Waals surface area contributed by atoms with E-state index in [0.717, 1.165) is 12.8 Å². The molecular formula is C34H66O2. The average molecular weight is 507 g/mol. The van der Waals surface area contributed by atoms with Crippen LogP contribution in [0.15, 0.2) is 12.2 Å². The Bertz CT molecular complexity index is 442. The maximum Gasteiger partial charge on any atom is 0.327 e. The fourth-order valence-corrected chi connectivity index (χ4v) is 5.29. The third-order valence-electron chi connectivity index (χ3n) is 7.73. The molecular weight excluding hydrogens is 440 g/mol. The SMILES string of the molecule is CCCCCCCCCCCCCCCCCCCCCCCCCCCCCCCC=CC(=O)O. The van der Waals surface area contributed by atoms with E-state index >= 15 is 0 Å². The third-order valence-corrected chi connectivity index (χ3v) is 7.73. The van der Waals surface area contributed by atoms with Gasteiger partial charge in [0.15, 0.2) is 0 Å². The van der Waals surface area contributed by atoms with Crippen LogP contribution in [0.2, 0.25) is 0 Å². The van der Waals surface area contributed by atoms with Crippen LogP contribution in [0.4, 0.5) is 0 Å². The molecule has 0 rings (SSSR count). The zero-order valence-electron chi connectivity index (χ0n) is 24.7. The van der Waals surface area contributed by atoms with Crippen molar-refractivity contribution >= 4 is 5.97 Å². The minimum atomic E-state index is -0.828. The quantitative estimate of drug-likeness (QED) is 0.0749. The second-order valence-electron chi connectivity index (χ2n) is 11.4. The Morgan fingerprint density at radius 2 is 0.639 bits per heavy atom. The van der Waals surface area contributed by atoms with Crippen molar-refractivity contribution in [3.8, 4) is 0 Å². The van der Waals surface area contributed by atoms with Gasteiger partial charge in [0, 0.05) is 6.08 Å². The van der Waals surface area contributed by atoms with Crippen molar-refractivity contribution in [1.29, 1.82) is 0 Å². The molecule has 0 amide bonds. The molecule has 0 aliphatic carbocycles. The van der Waals surface area contributed by atoms with Crippen molar-refractivity contribution in [3.05, 3.63) is 12.2 Å². The van der Waals surface area contributed by atoms with Gasteiger partial charge < -0.3 is 5.11 Å². The number of allylic oxidation sites excluding steroid dienone is 1. The molecule has 0 aromatic carbocycles. The van der Waals surface area contributed by atoms with Gasteiger partial charge in [-0.15, -0.1) is 0 Å². The molecule has 0 heterocycles. The summed E-state index contributed by atoms with van der Waals surface area (Å²) < 4.78 is 0. The molecule has 2 nitrogen and oxygen atoms in total. The number of hydrogen-bond acceptors (Lipinski definition) is 1. The number of carboxylic acid groups (broad SMARTS) is 1. The van der Waals surface area contributed by atoms with Gasteiger partial charge in [0.1, 0.15) is 0 Å². The Morgan fingerprint density at radius 3 is 0.861 bits per heavy atom. The number of carboxylic acids is 1. The van der Waals surface area contributed by atoms with Crippen LogP contribution < -0.4 is 0 Å². The molecule has 0 aliphatic heterocycles. The molecule has 214 valence electrons. The van der Waals surface area contributed by atoms with E-state index in [9.17, 15) is 4.79 Å². The highest BCUT2D eigenvalue weighted by Gasteiger charge is 1.97. The van der Waals surface area contributed by atoms with Crippen LogP contribution in [-0.4, -0.2) is 11.1 Å². The van der Waals surface area contributed by atoms with Gasteiger partial charge >= 0.3 is 5.97 Å². The summed E-state index contributed by atoms with van der Waals surface area (Å²) in [5.41, 5.74) is 0. The Hall–Kier alpha value is -0.790. The van der Waals surface area contributed by atoms with Gasteiger partial charge in [0.25, 0.3) is 0 Å². The summed E-state index contributed by atoms with van der Waals surface area (Å²) in [4.78, 5) is 10.4. The van der Waals surface area contributed by atoms with Crippen LogP contribution in [-0.2, 0) is 4.79 Å². The normalized spacial score (nSPS) is 11.6. The van der Waals surface area contributed by atoms with Crippen molar-refractivity contribution in [3.63, 3.8) is 0 Å². The Kier molecular flexibility index (Phi) is 31.5. The fraction of sp³-hybridized carbons (Fsp3) is 0.912. The lowest BCUT2D eigenvalue weighted by atomic mass is 10.0. The molecule has 0 aliphatic rings. The smallest absolute Gasteiger partial charge is 0.327 e. The molecule has 0 fully saturated rings. The second-order valence-corrected chi connectivity index (χ2v) is 11.4. The van der Waals surface area contributed by atoms with Crippen LogP contribution in [0.5, 0.6) is 0 Å². The van der Waals surface area contributed by atoms with E-state index < -0.39 is 5.97 Å². The maximum atomic E-state index is 10.4. The van der Waals surface area contributed by atoms with E-state index in [1.165, 1.54) is 186 Å². The van der Waals surface area contributed by atoms with Gasteiger partial charge in [-0.05, 0) is 12.8 Å². The number of aliphatic carboxylic acids is 1. The summed E-state index contributed by atoms with van der Waals surface area (Å²) in [5.74, 6) is -0.828. The van der Waals surface area contributed by atoms with Crippen LogP contribution in [0.3, 0.4) is 0 Å². The van der Waals surface area contributed by atoms with E-state index in [0.29, 0.717) is 0 Å². The van der Waals surface area contributed by atoms with Gasteiger partial charge in [-0.2, -0.15) is 0 Å². The molecule has 36 heavy (non-hydrogen) atoms. The molecule has 2 heteroatoms. The molecule has 0 atom stereocenters. The van der Waals surface area contributed by atoms with Gasteiger partial charge in [-0.1, -0.05) is 193 Å². The topological polar surface area (TPSA) is 37.3 Å². The average Bonchev–Trinajstić information content (AvgIpc) is 2.87. The molecule has 0 bridgehead atoms. The first-order valence-electron chi connectivity index (χ1n) is 16.7. The Balaban J connectivity index is 3.04. The molecule has 0 aromatic rings. The summed E-state index contributed by atoms with van der Waals surface area (Å²) in [6.45, 7) is 2.30. The van der Waals surface area contributed by atoms with Crippen molar-refractivity contribution < 1.29 is 9.90 Å². The van der Waals surface area contributed by atoms with Crippen LogP contribution in [0, 0.1) is 0 Å². The minimum absolute atomic E-state index is 0.828. The molecule has 0 saturated carbocycles. The fourth-order valence-electron chi connectivity index (χ4n) is 5.29. The maximum absolute atomic E-state index is 10.4. The molecule has 0 aromatic heterocycles. The third kappa shape index (κ3) is 33.2. The number of carbonyl (C=O) groups is 1. The van der Waals surface area contributed by atoms with Crippen molar-refractivity contribution in [1.82, 2.24) is 0 Å². The zero-order chi connectivity index (χ0) is 26.2. The van der Waals surface area contributed by atoms with Crippen molar-refractivity contribution in [2.24, 2.45) is 0 Å². The minimum Gasteiger partial charge on any atom is -0.478 e. The molecule has 1 N–H and O–H groups in total. The highest BCUT2D eigenvalue weighted by atomic mass is 16.4. The molecule has 0 radical (unpaired) electrons. The first kappa shape index (κ1) is 35.2. The molecule has 0 unspecified atom stereocenters. The first-order valence-corrected chi connectivity index (χ1v) is 16.7. The van der Waals surface area contributed by atoms with E-state index in [1.54, 1.807) is 6.08 Å². The number of rotatable bonds is 31. The van der Waals surface area contributed by atoms with Crippen molar-refractivity contribution in [2.75, 3.05) is 0 Å². The first-order chi connectivity index (χ1) is 17.8. The standard InChI is InChI=1S/C34H66O2/c1-2-3-4-5-6-7-8-9-10-11-12-13-14-15-16-17-18-19-20-21-22-23-24-25-26-27-28-29-30-31-32-33-34(35)36/h32-33H,2-31H2,1H3,(H,35,36). The van der Waals surface area contributed by atoms with Crippen LogP contribution >= 0.6 is 0 Å². The number of hydrogen-bond donors (Lipinski definition) is 1.